The van der Waals surface area contributed by atoms with Gasteiger partial charge in [0.05, 0.1) is 23.6 Å². The molecule has 0 spiro atoms. The molecule has 9 heteroatoms. The molecule has 144 valence electrons. The van der Waals surface area contributed by atoms with E-state index in [4.69, 9.17) is 10.5 Å². The summed E-state index contributed by atoms with van der Waals surface area (Å²) in [7, 11) is 0. The molecule has 0 atom stereocenters. The highest BCUT2D eigenvalue weighted by molar-refractivity contribution is 6.05. The van der Waals surface area contributed by atoms with Crippen LogP contribution in [0, 0.1) is 0 Å². The molecule has 0 aromatic carbocycles. The monoisotopic (exact) mass is 373 g/mol. The van der Waals surface area contributed by atoms with E-state index in [9.17, 15) is 14.7 Å². The third-order valence-electron chi connectivity index (χ3n) is 4.13. The summed E-state index contributed by atoms with van der Waals surface area (Å²) in [6.07, 6.45) is 1.32. The predicted octanol–water partition coefficient (Wildman–Crippen LogP) is 1.45. The number of fused-ring (bicyclic) bond motifs is 1. The molecule has 0 unspecified atom stereocenters. The van der Waals surface area contributed by atoms with Gasteiger partial charge in [-0.3, -0.25) is 4.79 Å². The zero-order chi connectivity index (χ0) is 19.8. The van der Waals surface area contributed by atoms with E-state index in [1.54, 1.807) is 32.9 Å². The summed E-state index contributed by atoms with van der Waals surface area (Å²) in [5.41, 5.74) is 7.31. The van der Waals surface area contributed by atoms with Crippen LogP contribution in [-0.2, 0) is 17.7 Å². The van der Waals surface area contributed by atoms with Crippen molar-refractivity contribution in [2.45, 2.75) is 39.3 Å². The average Bonchev–Trinajstić information content (AvgIpc) is 2.93. The molecule has 0 bridgehead atoms. The second-order valence-corrected chi connectivity index (χ2v) is 7.25. The summed E-state index contributed by atoms with van der Waals surface area (Å²) in [5, 5.41) is 9.45. The third kappa shape index (κ3) is 3.77. The number of nitrogens with two attached hydrogens (primary N) is 1. The Labute approximate surface area is 156 Å². The molecule has 2 amide bonds. The quantitative estimate of drug-likeness (QED) is 0.834. The number of carbonyl (C=O) groups excluding carboxylic acids is 2. The first kappa shape index (κ1) is 18.8. The molecule has 0 aliphatic carbocycles. The lowest BCUT2D eigenvalue weighted by molar-refractivity contribution is 0.0232. The summed E-state index contributed by atoms with van der Waals surface area (Å²) in [4.78, 5) is 34.5. The maximum Gasteiger partial charge on any atom is 0.417 e. The van der Waals surface area contributed by atoms with Gasteiger partial charge in [-0.15, -0.1) is 0 Å². The number of nitrogens with zero attached hydrogens (tertiary/aromatic N) is 4. The second kappa shape index (κ2) is 6.99. The fraction of sp³-hybridized carbons (Fsp3) is 0.444. The Bertz CT molecular complexity index is 884. The molecule has 0 saturated carbocycles. The van der Waals surface area contributed by atoms with Gasteiger partial charge >= 0.3 is 6.09 Å². The number of ether oxygens (including phenoxy) is 1. The lowest BCUT2D eigenvalue weighted by Gasteiger charge is -2.29. The Kier molecular flexibility index (Phi) is 4.88. The van der Waals surface area contributed by atoms with Gasteiger partial charge in [-0.1, -0.05) is 0 Å². The molecule has 9 nitrogen and oxygen atoms in total. The lowest BCUT2D eigenvalue weighted by Crippen LogP contribution is -2.44. The second-order valence-electron chi connectivity index (χ2n) is 7.25. The number of hydrogen-bond acceptors (Lipinski definition) is 7. The minimum atomic E-state index is -0.690. The van der Waals surface area contributed by atoms with Crippen LogP contribution in [0.1, 0.15) is 36.8 Å². The lowest BCUT2D eigenvalue weighted by atomic mass is 10.1. The number of anilines is 1. The molecule has 3 heterocycles. The summed E-state index contributed by atoms with van der Waals surface area (Å²) in [6.45, 7) is 5.66. The smallest absolute Gasteiger partial charge is 0.417 e. The molecule has 3 rings (SSSR count). The summed E-state index contributed by atoms with van der Waals surface area (Å²) < 4.78 is 7.16. The van der Waals surface area contributed by atoms with Gasteiger partial charge in [-0.05, 0) is 32.9 Å². The highest BCUT2D eigenvalue weighted by Gasteiger charge is 2.35. The number of nitrogen functional groups attached to an aromatic ring is 1. The van der Waals surface area contributed by atoms with Crippen LogP contribution in [0.4, 0.5) is 10.7 Å². The van der Waals surface area contributed by atoms with Crippen molar-refractivity contribution in [2.75, 3.05) is 18.9 Å². The van der Waals surface area contributed by atoms with Gasteiger partial charge in [0.2, 0.25) is 5.95 Å². The fourth-order valence-electron chi connectivity index (χ4n) is 3.08. The van der Waals surface area contributed by atoms with Gasteiger partial charge in [-0.2, -0.15) is 0 Å². The number of rotatable bonds is 3. The minimum Gasteiger partial charge on any atom is -0.443 e. The number of amides is 2. The predicted molar refractivity (Wildman–Crippen MR) is 97.9 cm³/mol. The molecule has 0 radical (unpaired) electrons. The highest BCUT2D eigenvalue weighted by atomic mass is 16.6. The van der Waals surface area contributed by atoms with Crippen molar-refractivity contribution in [3.8, 4) is 11.4 Å². The van der Waals surface area contributed by atoms with Crippen molar-refractivity contribution in [1.82, 2.24) is 19.4 Å². The maximum absolute atomic E-state index is 12.9. The topological polar surface area (TPSA) is 124 Å². The van der Waals surface area contributed by atoms with E-state index >= 15 is 0 Å². The van der Waals surface area contributed by atoms with E-state index in [-0.39, 0.29) is 19.1 Å². The summed E-state index contributed by atoms with van der Waals surface area (Å²) >= 11 is 0. The Morgan fingerprint density at radius 1 is 1.41 bits per heavy atom. The molecule has 1 aliphatic heterocycles. The Morgan fingerprint density at radius 3 is 2.78 bits per heavy atom. The Morgan fingerprint density at radius 2 is 2.15 bits per heavy atom. The van der Waals surface area contributed by atoms with Gasteiger partial charge in [-0.25, -0.2) is 19.7 Å². The zero-order valence-electron chi connectivity index (χ0n) is 15.6. The van der Waals surface area contributed by atoms with Gasteiger partial charge in [0.1, 0.15) is 5.60 Å². The number of aromatic nitrogens is 3. The van der Waals surface area contributed by atoms with E-state index in [1.807, 2.05) is 4.57 Å². The first-order chi connectivity index (χ1) is 12.7. The molecule has 3 N–H and O–H groups in total. The summed E-state index contributed by atoms with van der Waals surface area (Å²) in [6, 6.07) is 3.35. The normalized spacial score (nSPS) is 14.2. The number of aliphatic hydroxyl groups excluding tert-OH is 1. The van der Waals surface area contributed by atoms with Crippen LogP contribution in [0.25, 0.3) is 11.4 Å². The molecule has 27 heavy (non-hydrogen) atoms. The van der Waals surface area contributed by atoms with Crippen LogP contribution in [0.15, 0.2) is 18.3 Å². The minimum absolute atomic E-state index is 0.0986. The Balaban J connectivity index is 2.00. The van der Waals surface area contributed by atoms with Crippen LogP contribution in [0.2, 0.25) is 0 Å². The van der Waals surface area contributed by atoms with Crippen molar-refractivity contribution in [3.05, 3.63) is 29.6 Å². The SMILES string of the molecule is CC(C)(C)OC(=O)N1CCc2c(cc(-c3ccnc(N)n3)n2CCO)C1=O. The van der Waals surface area contributed by atoms with Crippen molar-refractivity contribution in [3.63, 3.8) is 0 Å². The van der Waals surface area contributed by atoms with Crippen LogP contribution >= 0.6 is 0 Å². The molecule has 0 saturated heterocycles. The van der Waals surface area contributed by atoms with Crippen molar-refractivity contribution in [1.29, 1.82) is 0 Å². The van der Waals surface area contributed by atoms with Gasteiger partial charge in [0.15, 0.2) is 0 Å². The van der Waals surface area contributed by atoms with Crippen LogP contribution in [0.3, 0.4) is 0 Å². The summed E-state index contributed by atoms with van der Waals surface area (Å²) in [5.74, 6) is -0.311. The maximum atomic E-state index is 12.9. The molecule has 2 aromatic heterocycles. The van der Waals surface area contributed by atoms with E-state index < -0.39 is 17.6 Å². The van der Waals surface area contributed by atoms with Gasteiger partial charge in [0, 0.05) is 31.4 Å². The fourth-order valence-corrected chi connectivity index (χ4v) is 3.08. The van der Waals surface area contributed by atoms with Crippen molar-refractivity contribution < 1.29 is 19.4 Å². The largest absolute Gasteiger partial charge is 0.443 e. The first-order valence-electron chi connectivity index (χ1n) is 8.68. The van der Waals surface area contributed by atoms with E-state index in [0.717, 1.165) is 10.6 Å². The zero-order valence-corrected chi connectivity index (χ0v) is 15.6. The number of hydrogen-bond donors (Lipinski definition) is 2. The average molecular weight is 373 g/mol. The van der Waals surface area contributed by atoms with Crippen LogP contribution < -0.4 is 5.73 Å². The van der Waals surface area contributed by atoms with Crippen molar-refractivity contribution >= 4 is 17.9 Å². The molecule has 0 fully saturated rings. The van der Waals surface area contributed by atoms with Crippen molar-refractivity contribution in [2.24, 2.45) is 0 Å². The number of aliphatic hydroxyl groups is 1. The molecular weight excluding hydrogens is 350 g/mol. The van der Waals surface area contributed by atoms with Crippen LogP contribution in [0.5, 0.6) is 0 Å². The van der Waals surface area contributed by atoms with E-state index in [2.05, 4.69) is 9.97 Å². The first-order valence-corrected chi connectivity index (χ1v) is 8.68. The third-order valence-corrected chi connectivity index (χ3v) is 4.13. The molecular formula is C18H23N5O4. The Hall–Kier alpha value is -2.94. The van der Waals surface area contributed by atoms with E-state index in [0.29, 0.717) is 29.9 Å². The standard InChI is InChI=1S/C18H23N5O4/c1-18(2,3)27-17(26)23-7-5-13-11(15(23)25)10-14(22(13)8-9-24)12-4-6-20-16(19)21-12/h4,6,10,24H,5,7-9H2,1-3H3,(H2,19,20,21). The number of imide groups is 1. The highest BCUT2D eigenvalue weighted by Crippen LogP contribution is 2.30. The van der Waals surface area contributed by atoms with Gasteiger partial charge in [0.25, 0.3) is 5.91 Å². The van der Waals surface area contributed by atoms with E-state index in [1.165, 1.54) is 6.20 Å². The molecule has 2 aromatic rings. The number of carbonyl (C=O) groups is 2. The van der Waals surface area contributed by atoms with Crippen LogP contribution in [-0.4, -0.2) is 55.3 Å². The van der Waals surface area contributed by atoms with Gasteiger partial charge < -0.3 is 20.1 Å². The molecule has 1 aliphatic rings.